The van der Waals surface area contributed by atoms with Crippen LogP contribution in [0.1, 0.15) is 42.4 Å². The predicted octanol–water partition coefficient (Wildman–Crippen LogP) is 2.64. The lowest BCUT2D eigenvalue weighted by Crippen LogP contribution is -2.27. The van der Waals surface area contributed by atoms with Crippen LogP contribution in [-0.2, 0) is 11.3 Å². The summed E-state index contributed by atoms with van der Waals surface area (Å²) in [4.78, 5) is 23.4. The Morgan fingerprint density at radius 1 is 1.35 bits per heavy atom. The van der Waals surface area contributed by atoms with Gasteiger partial charge in [-0.05, 0) is 45.5 Å². The van der Waals surface area contributed by atoms with Crippen molar-refractivity contribution in [1.82, 2.24) is 20.2 Å². The molecule has 1 aromatic carbocycles. The molecule has 0 radical (unpaired) electrons. The minimum Gasteiger partial charge on any atom is -0.493 e. The van der Waals surface area contributed by atoms with Crippen LogP contribution >= 0.6 is 0 Å². The first kappa shape index (κ1) is 18.3. The summed E-state index contributed by atoms with van der Waals surface area (Å²) in [7, 11) is 2.12. The molecule has 1 aromatic heterocycles. The Morgan fingerprint density at radius 2 is 2.15 bits per heavy atom. The van der Waals surface area contributed by atoms with Gasteiger partial charge in [-0.15, -0.1) is 0 Å². The molecule has 1 N–H and O–H groups in total. The number of nitrogens with zero attached hydrogens (tertiary/aromatic N) is 3. The molecule has 1 fully saturated rings. The monoisotopic (exact) mass is 354 g/mol. The van der Waals surface area contributed by atoms with Crippen molar-refractivity contribution >= 4 is 5.91 Å². The van der Waals surface area contributed by atoms with E-state index in [0.29, 0.717) is 25.6 Å². The van der Waals surface area contributed by atoms with Crippen LogP contribution < -0.4 is 10.1 Å². The van der Waals surface area contributed by atoms with Crippen molar-refractivity contribution < 1.29 is 9.53 Å². The topological polar surface area (TPSA) is 67.3 Å². The number of amides is 1. The number of benzene rings is 1. The molecular weight excluding hydrogens is 328 g/mol. The van der Waals surface area contributed by atoms with Gasteiger partial charge in [-0.3, -0.25) is 9.69 Å². The third-order valence-corrected chi connectivity index (χ3v) is 4.67. The Labute approximate surface area is 154 Å². The van der Waals surface area contributed by atoms with E-state index in [9.17, 15) is 4.79 Å². The second-order valence-corrected chi connectivity index (χ2v) is 6.65. The normalized spacial score (nSPS) is 17.2. The number of hydrogen-bond donors (Lipinski definition) is 1. The number of hydrogen-bond acceptors (Lipinski definition) is 5. The first-order valence-electron chi connectivity index (χ1n) is 9.10. The van der Waals surface area contributed by atoms with E-state index in [4.69, 9.17) is 4.74 Å². The fourth-order valence-electron chi connectivity index (χ4n) is 3.25. The Hall–Kier alpha value is -2.47. The van der Waals surface area contributed by atoms with Gasteiger partial charge in [0.1, 0.15) is 11.6 Å². The van der Waals surface area contributed by atoms with Crippen LogP contribution in [0.4, 0.5) is 0 Å². The van der Waals surface area contributed by atoms with Crippen LogP contribution in [0, 0.1) is 6.92 Å². The van der Waals surface area contributed by atoms with E-state index in [1.165, 1.54) is 6.42 Å². The molecule has 1 aliphatic heterocycles. The lowest BCUT2D eigenvalue weighted by molar-refractivity contribution is -0.121. The van der Waals surface area contributed by atoms with Crippen molar-refractivity contribution in [3.05, 3.63) is 53.6 Å². The number of carbonyl (C=O) groups excluding carboxylic acids is 1. The van der Waals surface area contributed by atoms with Gasteiger partial charge in [-0.25, -0.2) is 9.97 Å². The van der Waals surface area contributed by atoms with E-state index < -0.39 is 0 Å². The first-order valence-corrected chi connectivity index (χ1v) is 9.10. The molecule has 0 unspecified atom stereocenters. The molecule has 1 aliphatic rings. The molecule has 0 spiro atoms. The number of para-hydroxylation sites is 1. The number of aromatic nitrogens is 2. The number of likely N-dealkylation sites (tertiary alicyclic amines) is 1. The molecule has 0 saturated carbocycles. The minimum absolute atomic E-state index is 0.0350. The van der Waals surface area contributed by atoms with E-state index in [1.54, 1.807) is 0 Å². The van der Waals surface area contributed by atoms with Crippen molar-refractivity contribution in [2.75, 3.05) is 20.2 Å². The lowest BCUT2D eigenvalue weighted by Gasteiger charge is -2.21. The van der Waals surface area contributed by atoms with E-state index in [0.717, 1.165) is 35.8 Å². The molecule has 1 amide bonds. The van der Waals surface area contributed by atoms with Crippen molar-refractivity contribution in [2.24, 2.45) is 0 Å². The second kappa shape index (κ2) is 8.76. The van der Waals surface area contributed by atoms with Gasteiger partial charge in [-0.2, -0.15) is 0 Å². The van der Waals surface area contributed by atoms with Gasteiger partial charge >= 0.3 is 0 Å². The van der Waals surface area contributed by atoms with Gasteiger partial charge in [0, 0.05) is 18.3 Å². The Balaban J connectivity index is 1.53. The van der Waals surface area contributed by atoms with Gasteiger partial charge in [0.05, 0.1) is 24.8 Å². The maximum Gasteiger partial charge on any atom is 0.223 e. The zero-order chi connectivity index (χ0) is 18.4. The molecule has 1 saturated heterocycles. The van der Waals surface area contributed by atoms with Crippen molar-refractivity contribution in [1.29, 1.82) is 0 Å². The summed E-state index contributed by atoms with van der Waals surface area (Å²) in [6, 6.07) is 9.83. The molecule has 2 heterocycles. The van der Waals surface area contributed by atoms with Gasteiger partial charge in [0.2, 0.25) is 5.91 Å². The van der Waals surface area contributed by atoms with Crippen molar-refractivity contribution in [3.63, 3.8) is 0 Å². The molecule has 6 nitrogen and oxygen atoms in total. The summed E-state index contributed by atoms with van der Waals surface area (Å²) in [5.41, 5.74) is 2.03. The number of rotatable bonds is 7. The van der Waals surface area contributed by atoms with Crippen LogP contribution in [0.3, 0.4) is 0 Å². The molecule has 138 valence electrons. The molecule has 26 heavy (non-hydrogen) atoms. The summed E-state index contributed by atoms with van der Waals surface area (Å²) in [5, 5.41) is 2.97. The molecular formula is C20H26N4O2. The van der Waals surface area contributed by atoms with E-state index >= 15 is 0 Å². The van der Waals surface area contributed by atoms with Gasteiger partial charge in [-0.1, -0.05) is 18.2 Å². The first-order chi connectivity index (χ1) is 12.6. The molecule has 1 atom stereocenters. The number of carbonyl (C=O) groups is 1. The molecule has 0 bridgehead atoms. The third-order valence-electron chi connectivity index (χ3n) is 4.67. The van der Waals surface area contributed by atoms with Crippen LogP contribution in [-0.4, -0.2) is 41.0 Å². The fourth-order valence-corrected chi connectivity index (χ4v) is 3.25. The quantitative estimate of drug-likeness (QED) is 0.828. The Morgan fingerprint density at radius 3 is 2.88 bits per heavy atom. The smallest absolute Gasteiger partial charge is 0.223 e. The average Bonchev–Trinajstić information content (AvgIpc) is 3.07. The highest BCUT2D eigenvalue weighted by molar-refractivity contribution is 5.76. The summed E-state index contributed by atoms with van der Waals surface area (Å²) < 4.78 is 5.57. The van der Waals surface area contributed by atoms with E-state index in [2.05, 4.69) is 27.2 Å². The summed E-state index contributed by atoms with van der Waals surface area (Å²) in [5.74, 6) is 1.51. The van der Waals surface area contributed by atoms with Crippen LogP contribution in [0.25, 0.3) is 0 Å². The second-order valence-electron chi connectivity index (χ2n) is 6.65. The zero-order valence-electron chi connectivity index (χ0n) is 15.4. The standard InChI is InChI=1S/C20H26N4O2/c1-15-21-13-16(20(23-15)18-9-6-11-24(18)2)14-22-19(25)10-12-26-17-7-4-3-5-8-17/h3-5,7-8,13,18H,6,9-12,14H2,1-2H3,(H,22,25)/t18-/m0/s1. The maximum absolute atomic E-state index is 12.1. The highest BCUT2D eigenvalue weighted by Crippen LogP contribution is 2.30. The maximum atomic E-state index is 12.1. The predicted molar refractivity (Wildman–Crippen MR) is 99.8 cm³/mol. The number of aryl methyl sites for hydroxylation is 1. The van der Waals surface area contributed by atoms with Crippen molar-refractivity contribution in [2.45, 2.75) is 38.8 Å². The fraction of sp³-hybridized carbons (Fsp3) is 0.450. The molecule has 2 aromatic rings. The van der Waals surface area contributed by atoms with E-state index in [1.807, 2.05) is 43.5 Å². The van der Waals surface area contributed by atoms with Crippen molar-refractivity contribution in [3.8, 4) is 5.75 Å². The average molecular weight is 354 g/mol. The van der Waals surface area contributed by atoms with E-state index in [-0.39, 0.29) is 5.91 Å². The number of nitrogens with one attached hydrogen (secondary N) is 1. The lowest BCUT2D eigenvalue weighted by atomic mass is 10.1. The largest absolute Gasteiger partial charge is 0.493 e. The molecule has 0 aliphatic carbocycles. The third kappa shape index (κ3) is 4.79. The zero-order valence-corrected chi connectivity index (χ0v) is 15.4. The highest BCUT2D eigenvalue weighted by atomic mass is 16.5. The van der Waals surface area contributed by atoms with Crippen LogP contribution in [0.5, 0.6) is 5.75 Å². The summed E-state index contributed by atoms with van der Waals surface area (Å²) in [6.45, 7) is 3.79. The molecule has 6 heteroatoms. The van der Waals surface area contributed by atoms with Gasteiger partial charge in [0.25, 0.3) is 0 Å². The highest BCUT2D eigenvalue weighted by Gasteiger charge is 2.26. The van der Waals surface area contributed by atoms with Gasteiger partial charge < -0.3 is 10.1 Å². The van der Waals surface area contributed by atoms with Crippen LogP contribution in [0.2, 0.25) is 0 Å². The van der Waals surface area contributed by atoms with Crippen LogP contribution in [0.15, 0.2) is 36.5 Å². The summed E-state index contributed by atoms with van der Waals surface area (Å²) in [6.07, 6.45) is 4.43. The summed E-state index contributed by atoms with van der Waals surface area (Å²) >= 11 is 0. The Kier molecular flexibility index (Phi) is 6.17. The van der Waals surface area contributed by atoms with Gasteiger partial charge in [0.15, 0.2) is 0 Å². The number of ether oxygens (including phenoxy) is 1. The molecule has 3 rings (SSSR count). The SMILES string of the molecule is Cc1ncc(CNC(=O)CCOc2ccccc2)c([C@@H]2CCCN2C)n1. The minimum atomic E-state index is -0.0350. The Bertz CT molecular complexity index is 736.